The molecule has 2 unspecified atom stereocenters. The highest BCUT2D eigenvalue weighted by atomic mass is 32.2. The van der Waals surface area contributed by atoms with Gasteiger partial charge in [0.1, 0.15) is 0 Å². The molecule has 0 amide bonds. The molecule has 1 aliphatic heterocycles. The average molecular weight is 263 g/mol. The van der Waals surface area contributed by atoms with Crippen molar-refractivity contribution in [2.45, 2.75) is 61.9 Å². The lowest BCUT2D eigenvalue weighted by Crippen LogP contribution is -2.42. The molecule has 16 heavy (non-hydrogen) atoms. The van der Waals surface area contributed by atoms with Crippen molar-refractivity contribution in [2.75, 3.05) is 6.16 Å². The lowest BCUT2D eigenvalue weighted by molar-refractivity contribution is 0.403. The molecule has 0 aromatic rings. The van der Waals surface area contributed by atoms with Gasteiger partial charge in [-0.2, -0.15) is 0 Å². The third-order valence-electron chi connectivity index (χ3n) is 3.78. The summed E-state index contributed by atoms with van der Waals surface area (Å²) in [5.41, 5.74) is 0. The Hall–Kier alpha value is 0.500. The van der Waals surface area contributed by atoms with Crippen LogP contribution >= 0.6 is 19.1 Å². The van der Waals surface area contributed by atoms with Crippen LogP contribution in [0.15, 0.2) is 0 Å². The van der Waals surface area contributed by atoms with Gasteiger partial charge in [-0.05, 0) is 26.7 Å². The highest BCUT2D eigenvalue weighted by Crippen LogP contribution is 2.62. The summed E-state index contributed by atoms with van der Waals surface area (Å²) in [6.45, 7) is 6.00. The third kappa shape index (κ3) is 2.10. The second-order valence-corrected chi connectivity index (χ2v) is 10.2. The van der Waals surface area contributed by atoms with Crippen LogP contribution in [0.1, 0.15) is 46.5 Å². The van der Waals surface area contributed by atoms with Crippen molar-refractivity contribution in [2.24, 2.45) is 0 Å². The number of rotatable bonds is 2. The van der Waals surface area contributed by atoms with Gasteiger partial charge in [-0.15, -0.1) is 11.8 Å². The van der Waals surface area contributed by atoms with Gasteiger partial charge in [0.05, 0.1) is 10.7 Å². The summed E-state index contributed by atoms with van der Waals surface area (Å²) in [4.78, 5) is 10.2. The summed E-state index contributed by atoms with van der Waals surface area (Å²) in [6, 6.07) is 0. The van der Waals surface area contributed by atoms with Crippen molar-refractivity contribution in [3.8, 4) is 0 Å². The normalized spacial score (nSPS) is 35.4. The molecule has 2 rings (SSSR count). The molecule has 3 nitrogen and oxygen atoms in total. The van der Waals surface area contributed by atoms with Crippen LogP contribution in [0.5, 0.6) is 0 Å². The minimum absolute atomic E-state index is 0.0850. The maximum absolute atomic E-state index is 12.2. The first-order chi connectivity index (χ1) is 7.31. The molecule has 2 N–H and O–H groups in total. The van der Waals surface area contributed by atoms with Crippen LogP contribution in [0, 0.1) is 0 Å². The predicted molar refractivity (Wildman–Crippen MR) is 70.2 cm³/mol. The second-order valence-electron chi connectivity index (χ2n) is 5.53. The molecule has 0 radical (unpaired) electrons. The van der Waals surface area contributed by atoms with E-state index in [0.29, 0.717) is 6.16 Å². The molecule has 1 aliphatic carbocycles. The Bertz CT molecular complexity index is 326. The third-order valence-corrected chi connectivity index (χ3v) is 8.13. The van der Waals surface area contributed by atoms with E-state index in [1.807, 2.05) is 18.7 Å². The Morgan fingerprint density at radius 2 is 2.00 bits per heavy atom. The van der Waals surface area contributed by atoms with Gasteiger partial charge in [0.15, 0.2) is 0 Å². The number of hydrogen-bond acceptors (Lipinski definition) is 3. The van der Waals surface area contributed by atoms with Gasteiger partial charge in [-0.3, -0.25) is 9.88 Å². The summed E-state index contributed by atoms with van der Waals surface area (Å²) in [7, 11) is -3.05. The maximum Gasteiger partial charge on any atom is 0.218 e. The second kappa shape index (κ2) is 4.01. The Morgan fingerprint density at radius 1 is 1.44 bits per heavy atom. The molecule has 0 bridgehead atoms. The lowest BCUT2D eigenvalue weighted by atomic mass is 10.2. The number of thioether (sulfide) groups is 1. The largest absolute Gasteiger partial charge is 0.343 e. The van der Waals surface area contributed by atoms with Crippen LogP contribution in [-0.4, -0.2) is 26.5 Å². The van der Waals surface area contributed by atoms with Gasteiger partial charge in [0, 0.05) is 10.9 Å². The minimum atomic E-state index is -3.05. The van der Waals surface area contributed by atoms with Gasteiger partial charge in [0.25, 0.3) is 0 Å². The smallest absolute Gasteiger partial charge is 0.218 e. The van der Waals surface area contributed by atoms with Crippen molar-refractivity contribution < 1.29 is 9.46 Å². The molecule has 5 heteroatoms. The first kappa shape index (κ1) is 12.9. The molecule has 1 saturated carbocycles. The van der Waals surface area contributed by atoms with E-state index in [0.717, 1.165) is 12.8 Å². The van der Waals surface area contributed by atoms with E-state index in [-0.39, 0.29) is 15.4 Å². The van der Waals surface area contributed by atoms with Gasteiger partial charge >= 0.3 is 0 Å². The van der Waals surface area contributed by atoms with E-state index in [2.05, 4.69) is 19.2 Å². The summed E-state index contributed by atoms with van der Waals surface area (Å²) in [6.07, 6.45) is 5.13. The summed E-state index contributed by atoms with van der Waals surface area (Å²) < 4.78 is 12.1. The van der Waals surface area contributed by atoms with Crippen molar-refractivity contribution in [1.82, 2.24) is 5.32 Å². The molecular formula is C11H22NO2PS. The van der Waals surface area contributed by atoms with E-state index in [1.54, 1.807) is 0 Å². The van der Waals surface area contributed by atoms with Gasteiger partial charge < -0.3 is 4.89 Å². The van der Waals surface area contributed by atoms with Gasteiger partial charge in [-0.25, -0.2) is 0 Å². The molecule has 0 aromatic carbocycles. The Balaban J connectivity index is 2.24. The predicted octanol–water partition coefficient (Wildman–Crippen LogP) is 2.99. The van der Waals surface area contributed by atoms with Crippen LogP contribution < -0.4 is 5.32 Å². The number of nitrogens with one attached hydrogen (secondary N) is 1. The molecule has 1 spiro atoms. The van der Waals surface area contributed by atoms with Crippen LogP contribution in [0.3, 0.4) is 0 Å². The first-order valence-electron chi connectivity index (χ1n) is 6.11. The van der Waals surface area contributed by atoms with E-state index < -0.39 is 7.37 Å². The Morgan fingerprint density at radius 3 is 2.50 bits per heavy atom. The zero-order chi connectivity index (χ0) is 12.0. The lowest BCUT2D eigenvalue weighted by Gasteiger charge is -2.28. The van der Waals surface area contributed by atoms with Crippen LogP contribution in [0.25, 0.3) is 0 Å². The fourth-order valence-electron chi connectivity index (χ4n) is 2.97. The summed E-state index contributed by atoms with van der Waals surface area (Å²) >= 11 is 1.88. The topological polar surface area (TPSA) is 49.3 Å². The molecule has 2 aliphatic rings. The Labute approximate surface area is 102 Å². The molecular weight excluding hydrogens is 241 g/mol. The zero-order valence-corrected chi connectivity index (χ0v) is 12.0. The molecule has 2 atom stereocenters. The highest BCUT2D eigenvalue weighted by molar-refractivity contribution is 8.02. The first-order valence-corrected chi connectivity index (χ1v) is 8.84. The van der Waals surface area contributed by atoms with Crippen molar-refractivity contribution in [3.05, 3.63) is 0 Å². The molecule has 94 valence electrons. The fourth-order valence-corrected chi connectivity index (χ4v) is 7.35. The quantitative estimate of drug-likeness (QED) is 0.752. The van der Waals surface area contributed by atoms with Gasteiger partial charge in [-0.1, -0.05) is 19.8 Å². The number of hydrogen-bond donors (Lipinski definition) is 2. The van der Waals surface area contributed by atoms with Crippen molar-refractivity contribution >= 4 is 19.1 Å². The molecule has 0 aromatic heterocycles. The van der Waals surface area contributed by atoms with Crippen molar-refractivity contribution in [1.29, 1.82) is 0 Å². The Kier molecular flexibility index (Phi) is 3.25. The summed E-state index contributed by atoms with van der Waals surface area (Å²) in [5, 5.41) is 3.50. The van der Waals surface area contributed by atoms with Crippen LogP contribution in [0.4, 0.5) is 0 Å². The summed E-state index contributed by atoms with van der Waals surface area (Å²) in [5.74, 6) is -0.243. The minimum Gasteiger partial charge on any atom is -0.343 e. The highest BCUT2D eigenvalue weighted by Gasteiger charge is 2.56. The fraction of sp³-hybridized carbons (Fsp3) is 1.00. The van der Waals surface area contributed by atoms with E-state index in [4.69, 9.17) is 0 Å². The zero-order valence-electron chi connectivity index (χ0n) is 10.3. The SMILES string of the molecule is CCP(=O)(O)C1NC2(CCCC2)SC1(C)C. The molecule has 1 saturated heterocycles. The monoisotopic (exact) mass is 263 g/mol. The molecule has 1 heterocycles. The van der Waals surface area contributed by atoms with E-state index >= 15 is 0 Å². The maximum atomic E-state index is 12.2. The standard InChI is InChI=1S/C11H22NO2PS/c1-4-15(13,14)9-10(2,3)16-11(12-9)7-5-6-8-11/h9,12H,4-8H2,1-3H3,(H,13,14). The molecule has 2 fully saturated rings. The van der Waals surface area contributed by atoms with E-state index in [9.17, 15) is 9.46 Å². The van der Waals surface area contributed by atoms with Crippen LogP contribution in [-0.2, 0) is 4.57 Å². The van der Waals surface area contributed by atoms with Gasteiger partial charge in [0.2, 0.25) is 7.37 Å². The van der Waals surface area contributed by atoms with Crippen LogP contribution in [0.2, 0.25) is 0 Å². The van der Waals surface area contributed by atoms with Crippen molar-refractivity contribution in [3.63, 3.8) is 0 Å². The average Bonchev–Trinajstić information content (AvgIpc) is 2.72. The van der Waals surface area contributed by atoms with E-state index in [1.165, 1.54) is 12.8 Å².